The van der Waals surface area contributed by atoms with Crippen molar-refractivity contribution in [2.75, 3.05) is 12.8 Å². The number of rotatable bonds is 4. The zero-order valence-electron chi connectivity index (χ0n) is 7.27. The summed E-state index contributed by atoms with van der Waals surface area (Å²) < 4.78 is 0. The van der Waals surface area contributed by atoms with Crippen LogP contribution in [0, 0.1) is 0 Å². The molecule has 0 heterocycles. The minimum absolute atomic E-state index is 0.588. The molecule has 1 N–H and O–H groups in total. The van der Waals surface area contributed by atoms with E-state index >= 15 is 0 Å². The van der Waals surface area contributed by atoms with E-state index in [1.165, 1.54) is 5.57 Å². The van der Waals surface area contributed by atoms with Crippen molar-refractivity contribution in [2.24, 2.45) is 0 Å². The second-order valence-electron chi connectivity index (χ2n) is 2.74. The van der Waals surface area contributed by atoms with Crippen LogP contribution in [-0.4, -0.2) is 18.8 Å². The second-order valence-corrected chi connectivity index (χ2v) is 3.44. The highest BCUT2D eigenvalue weighted by atomic mass is 32.2. The van der Waals surface area contributed by atoms with E-state index in [1.54, 1.807) is 11.8 Å². The van der Waals surface area contributed by atoms with Crippen LogP contribution in [0.15, 0.2) is 11.0 Å². The molecule has 0 saturated carbocycles. The first kappa shape index (κ1) is 10.0. The average Bonchev–Trinajstić information content (AvgIpc) is 1.85. The smallest absolute Gasteiger partial charge is 0.0172 e. The molecule has 0 rings (SSSR count). The third kappa shape index (κ3) is 6.17. The van der Waals surface area contributed by atoms with E-state index in [1.807, 2.05) is 0 Å². The first-order valence-corrected chi connectivity index (χ1v) is 4.87. The predicted octanol–water partition coefficient (Wildman–Crippen LogP) is 2.25. The molecule has 0 aromatic heterocycles. The molecule has 0 unspecified atom stereocenters. The molecule has 0 aromatic carbocycles. The van der Waals surface area contributed by atoms with Gasteiger partial charge in [-0.3, -0.25) is 0 Å². The molecule has 0 saturated heterocycles. The minimum atomic E-state index is 0.588. The topological polar surface area (TPSA) is 12.0 Å². The van der Waals surface area contributed by atoms with Crippen LogP contribution in [-0.2, 0) is 0 Å². The molecule has 1 nitrogen and oxygen atoms in total. The molecule has 60 valence electrons. The summed E-state index contributed by atoms with van der Waals surface area (Å²) in [5, 5.41) is 5.52. The second kappa shape index (κ2) is 5.81. The Morgan fingerprint density at radius 1 is 1.60 bits per heavy atom. The van der Waals surface area contributed by atoms with Crippen LogP contribution in [0.2, 0.25) is 0 Å². The normalized spacial score (nSPS) is 12.7. The number of hydrogen-bond donors (Lipinski definition) is 1. The van der Waals surface area contributed by atoms with Crippen LogP contribution in [0.4, 0.5) is 0 Å². The zero-order valence-corrected chi connectivity index (χ0v) is 8.09. The lowest BCUT2D eigenvalue weighted by Crippen LogP contribution is -2.24. The molecule has 0 aliphatic rings. The van der Waals surface area contributed by atoms with Crippen molar-refractivity contribution in [3.63, 3.8) is 0 Å². The van der Waals surface area contributed by atoms with E-state index in [9.17, 15) is 0 Å². The van der Waals surface area contributed by atoms with Gasteiger partial charge in [0.25, 0.3) is 0 Å². The molecule has 0 aliphatic carbocycles. The first-order chi connectivity index (χ1) is 4.66. The summed E-state index contributed by atoms with van der Waals surface area (Å²) >= 11 is 1.76. The third-order valence-electron chi connectivity index (χ3n) is 1.11. The maximum atomic E-state index is 3.35. The van der Waals surface area contributed by atoms with Crippen molar-refractivity contribution < 1.29 is 0 Å². The Balaban J connectivity index is 3.39. The van der Waals surface area contributed by atoms with Gasteiger partial charge >= 0.3 is 0 Å². The molecular weight excluding hydrogens is 142 g/mol. The van der Waals surface area contributed by atoms with E-state index in [0.29, 0.717) is 6.04 Å². The Hall–Kier alpha value is 0.0500. The quantitative estimate of drug-likeness (QED) is 0.675. The molecule has 0 aliphatic heterocycles. The lowest BCUT2D eigenvalue weighted by molar-refractivity contribution is 0.622. The van der Waals surface area contributed by atoms with Crippen molar-refractivity contribution >= 4 is 11.8 Å². The first-order valence-electron chi connectivity index (χ1n) is 3.58. The fraction of sp³-hybridized carbons (Fsp3) is 0.750. The van der Waals surface area contributed by atoms with Gasteiger partial charge in [-0.1, -0.05) is 19.4 Å². The highest BCUT2D eigenvalue weighted by Crippen LogP contribution is 2.00. The highest BCUT2D eigenvalue weighted by Gasteiger charge is 1.91. The van der Waals surface area contributed by atoms with E-state index in [2.05, 4.69) is 37.8 Å². The fourth-order valence-corrected chi connectivity index (χ4v) is 1.09. The summed E-state index contributed by atoms with van der Waals surface area (Å²) in [4.78, 5) is 0. The van der Waals surface area contributed by atoms with Crippen LogP contribution < -0.4 is 5.32 Å². The Bertz CT molecular complexity index is 108. The van der Waals surface area contributed by atoms with Crippen LogP contribution in [0.25, 0.3) is 0 Å². The van der Waals surface area contributed by atoms with Gasteiger partial charge in [0.05, 0.1) is 0 Å². The summed E-state index contributed by atoms with van der Waals surface area (Å²) in [6.45, 7) is 7.48. The highest BCUT2D eigenvalue weighted by molar-refractivity contribution is 8.01. The number of thioether (sulfide) groups is 1. The molecule has 0 radical (unpaired) electrons. The standard InChI is InChI=1S/C8H17NS/c1-7(2)9-5-8(3)6-10-4/h6-7,9H,5H2,1-4H3/b8-6-. The summed E-state index contributed by atoms with van der Waals surface area (Å²) in [7, 11) is 0. The van der Waals surface area contributed by atoms with Crippen LogP contribution >= 0.6 is 11.8 Å². The van der Waals surface area contributed by atoms with Crippen molar-refractivity contribution in [2.45, 2.75) is 26.8 Å². The summed E-state index contributed by atoms with van der Waals surface area (Å²) in [5.41, 5.74) is 1.40. The lowest BCUT2D eigenvalue weighted by atomic mass is 10.3. The molecule has 0 atom stereocenters. The van der Waals surface area contributed by atoms with Gasteiger partial charge in [0, 0.05) is 12.6 Å². The van der Waals surface area contributed by atoms with E-state index in [0.717, 1.165) is 6.54 Å². The van der Waals surface area contributed by atoms with Gasteiger partial charge in [-0.2, -0.15) is 0 Å². The van der Waals surface area contributed by atoms with Crippen molar-refractivity contribution in [1.29, 1.82) is 0 Å². The number of nitrogens with one attached hydrogen (secondary N) is 1. The molecule has 0 amide bonds. The summed E-state index contributed by atoms with van der Waals surface area (Å²) in [5.74, 6) is 0. The zero-order chi connectivity index (χ0) is 7.98. The maximum Gasteiger partial charge on any atom is 0.0172 e. The maximum absolute atomic E-state index is 3.35. The molecule has 0 aromatic rings. The Morgan fingerprint density at radius 3 is 2.60 bits per heavy atom. The average molecular weight is 159 g/mol. The molecule has 2 heteroatoms. The van der Waals surface area contributed by atoms with Crippen LogP contribution in [0.3, 0.4) is 0 Å². The van der Waals surface area contributed by atoms with Gasteiger partial charge in [-0.25, -0.2) is 0 Å². The molecule has 0 bridgehead atoms. The Kier molecular flexibility index (Phi) is 5.84. The van der Waals surface area contributed by atoms with Crippen LogP contribution in [0.5, 0.6) is 0 Å². The summed E-state index contributed by atoms with van der Waals surface area (Å²) in [6, 6.07) is 0.588. The lowest BCUT2D eigenvalue weighted by Gasteiger charge is -2.07. The van der Waals surface area contributed by atoms with Crippen molar-refractivity contribution in [3.05, 3.63) is 11.0 Å². The summed E-state index contributed by atoms with van der Waals surface area (Å²) in [6.07, 6.45) is 2.08. The molecule has 0 fully saturated rings. The van der Waals surface area contributed by atoms with Gasteiger partial charge in [-0.15, -0.1) is 11.8 Å². The fourth-order valence-electron chi connectivity index (χ4n) is 0.608. The predicted molar refractivity (Wildman–Crippen MR) is 50.4 cm³/mol. The van der Waals surface area contributed by atoms with Gasteiger partial charge in [-0.05, 0) is 18.6 Å². The van der Waals surface area contributed by atoms with Gasteiger partial charge in [0.1, 0.15) is 0 Å². The molecule has 10 heavy (non-hydrogen) atoms. The van der Waals surface area contributed by atoms with E-state index in [4.69, 9.17) is 0 Å². The van der Waals surface area contributed by atoms with Crippen molar-refractivity contribution in [3.8, 4) is 0 Å². The number of hydrogen-bond acceptors (Lipinski definition) is 2. The minimum Gasteiger partial charge on any atom is -0.311 e. The van der Waals surface area contributed by atoms with E-state index in [-0.39, 0.29) is 0 Å². The van der Waals surface area contributed by atoms with Gasteiger partial charge < -0.3 is 5.32 Å². The molecule has 0 spiro atoms. The van der Waals surface area contributed by atoms with Crippen molar-refractivity contribution in [1.82, 2.24) is 5.32 Å². The monoisotopic (exact) mass is 159 g/mol. The Labute approximate surface area is 68.3 Å². The van der Waals surface area contributed by atoms with Gasteiger partial charge in [0.2, 0.25) is 0 Å². The Morgan fingerprint density at radius 2 is 2.20 bits per heavy atom. The van der Waals surface area contributed by atoms with E-state index < -0.39 is 0 Å². The van der Waals surface area contributed by atoms with Crippen LogP contribution in [0.1, 0.15) is 20.8 Å². The molecular formula is C8H17NS. The SMILES string of the molecule is CS/C=C(/C)CNC(C)C. The largest absolute Gasteiger partial charge is 0.311 e. The van der Waals surface area contributed by atoms with Gasteiger partial charge in [0.15, 0.2) is 0 Å². The third-order valence-corrected chi connectivity index (χ3v) is 1.75.